The highest BCUT2D eigenvalue weighted by Gasteiger charge is 2.55. The average molecular weight is 440 g/mol. The van der Waals surface area contributed by atoms with Crippen molar-refractivity contribution in [2.75, 3.05) is 6.54 Å². The van der Waals surface area contributed by atoms with Gasteiger partial charge in [0.25, 0.3) is 5.91 Å². The van der Waals surface area contributed by atoms with Crippen LogP contribution in [-0.4, -0.2) is 29.3 Å². The van der Waals surface area contributed by atoms with Crippen LogP contribution in [0.1, 0.15) is 35.6 Å². The van der Waals surface area contributed by atoms with Crippen molar-refractivity contribution in [2.45, 2.75) is 30.8 Å². The minimum absolute atomic E-state index is 0.343. The summed E-state index contributed by atoms with van der Waals surface area (Å²) in [4.78, 5) is 40.5. The van der Waals surface area contributed by atoms with Crippen molar-refractivity contribution < 1.29 is 14.4 Å². The maximum absolute atomic E-state index is 13.4. The van der Waals surface area contributed by atoms with E-state index in [0.29, 0.717) is 12.8 Å². The molecule has 1 unspecified atom stereocenters. The van der Waals surface area contributed by atoms with E-state index < -0.39 is 23.0 Å². The number of aryl methyl sites for hydroxylation is 1. The molecule has 1 heterocycles. The second kappa shape index (κ2) is 7.89. The summed E-state index contributed by atoms with van der Waals surface area (Å²) in [6.45, 7) is 1.58. The first-order valence-corrected chi connectivity index (χ1v) is 11.1. The standard InChI is InChI=1S/C27H25N3O3/c1-26(20-11-4-2-5-12-20,21-13-6-3-7-14-21)28-23(31)18-30-24(32)27(29-25(30)33)17-16-19-10-8-9-15-22(19)27/h2-15H,16-18H2,1H3,(H,28,31)(H,29,33). The topological polar surface area (TPSA) is 78.5 Å². The van der Waals surface area contributed by atoms with Crippen LogP contribution < -0.4 is 10.6 Å². The van der Waals surface area contributed by atoms with Crippen LogP contribution in [0.5, 0.6) is 0 Å². The Morgan fingerprint density at radius 1 is 0.939 bits per heavy atom. The van der Waals surface area contributed by atoms with Crippen molar-refractivity contribution in [1.29, 1.82) is 0 Å². The Bertz CT molecular complexity index is 1190. The van der Waals surface area contributed by atoms with Crippen molar-refractivity contribution >= 4 is 17.8 Å². The number of imide groups is 1. The van der Waals surface area contributed by atoms with Gasteiger partial charge in [0.2, 0.25) is 5.91 Å². The van der Waals surface area contributed by atoms with Crippen LogP contribution in [0.15, 0.2) is 84.9 Å². The van der Waals surface area contributed by atoms with Crippen LogP contribution in [0.4, 0.5) is 4.79 Å². The van der Waals surface area contributed by atoms with E-state index in [9.17, 15) is 14.4 Å². The van der Waals surface area contributed by atoms with Crippen LogP contribution in [0, 0.1) is 0 Å². The molecule has 5 rings (SSSR count). The van der Waals surface area contributed by atoms with Crippen molar-refractivity contribution in [3.05, 3.63) is 107 Å². The predicted octanol–water partition coefficient (Wildman–Crippen LogP) is 3.46. The highest BCUT2D eigenvalue weighted by atomic mass is 16.2. The molecule has 1 spiro atoms. The maximum Gasteiger partial charge on any atom is 0.325 e. The Labute approximate surface area is 192 Å². The van der Waals surface area contributed by atoms with Gasteiger partial charge in [0, 0.05) is 0 Å². The molecule has 1 aliphatic heterocycles. The Balaban J connectivity index is 1.40. The number of carbonyl (C=O) groups is 3. The van der Waals surface area contributed by atoms with Crippen LogP contribution in [0.3, 0.4) is 0 Å². The molecule has 0 saturated carbocycles. The van der Waals surface area contributed by atoms with Crippen LogP contribution in [-0.2, 0) is 27.1 Å². The molecule has 1 atom stereocenters. The summed E-state index contributed by atoms with van der Waals surface area (Å²) in [5.74, 6) is -0.772. The number of nitrogens with one attached hydrogen (secondary N) is 2. The Kier molecular flexibility index (Phi) is 5.01. The largest absolute Gasteiger partial charge is 0.341 e. The SMILES string of the molecule is CC(NC(=O)CN1C(=O)NC2(CCc3ccccc32)C1=O)(c1ccccc1)c1ccccc1. The zero-order valence-electron chi connectivity index (χ0n) is 18.4. The van der Waals surface area contributed by atoms with Crippen molar-refractivity contribution in [2.24, 2.45) is 0 Å². The van der Waals surface area contributed by atoms with Gasteiger partial charge in [0.05, 0.1) is 5.54 Å². The minimum atomic E-state index is -1.07. The highest BCUT2D eigenvalue weighted by molar-refractivity contribution is 6.10. The molecular weight excluding hydrogens is 414 g/mol. The van der Waals surface area contributed by atoms with Gasteiger partial charge in [-0.25, -0.2) is 4.79 Å². The van der Waals surface area contributed by atoms with E-state index in [1.54, 1.807) is 0 Å². The molecule has 6 heteroatoms. The Morgan fingerprint density at radius 3 is 2.15 bits per heavy atom. The van der Waals surface area contributed by atoms with E-state index in [0.717, 1.165) is 27.2 Å². The van der Waals surface area contributed by atoms with Gasteiger partial charge >= 0.3 is 6.03 Å². The van der Waals surface area contributed by atoms with Crippen molar-refractivity contribution in [3.63, 3.8) is 0 Å². The number of carbonyl (C=O) groups excluding carboxylic acids is 3. The van der Waals surface area contributed by atoms with Crippen LogP contribution >= 0.6 is 0 Å². The van der Waals surface area contributed by atoms with E-state index >= 15 is 0 Å². The zero-order chi connectivity index (χ0) is 23.1. The first-order chi connectivity index (χ1) is 15.9. The van der Waals surface area contributed by atoms with Crippen LogP contribution in [0.25, 0.3) is 0 Å². The summed E-state index contributed by atoms with van der Waals surface area (Å²) in [7, 11) is 0. The van der Waals surface area contributed by atoms with E-state index in [1.807, 2.05) is 91.9 Å². The van der Waals surface area contributed by atoms with Gasteiger partial charge in [-0.1, -0.05) is 84.9 Å². The second-order valence-electron chi connectivity index (χ2n) is 8.79. The number of hydrogen-bond donors (Lipinski definition) is 2. The fraction of sp³-hybridized carbons (Fsp3) is 0.222. The monoisotopic (exact) mass is 439 g/mol. The zero-order valence-corrected chi connectivity index (χ0v) is 18.4. The van der Waals surface area contributed by atoms with E-state index in [2.05, 4.69) is 10.6 Å². The summed E-state index contributed by atoms with van der Waals surface area (Å²) < 4.78 is 0. The predicted molar refractivity (Wildman–Crippen MR) is 124 cm³/mol. The quantitative estimate of drug-likeness (QED) is 0.598. The van der Waals surface area contributed by atoms with Gasteiger partial charge in [-0.2, -0.15) is 0 Å². The number of amides is 4. The first-order valence-electron chi connectivity index (χ1n) is 11.1. The van der Waals surface area contributed by atoms with Gasteiger partial charge in [0.1, 0.15) is 12.1 Å². The molecule has 3 aromatic carbocycles. The number of hydrogen-bond acceptors (Lipinski definition) is 3. The maximum atomic E-state index is 13.4. The summed E-state index contributed by atoms with van der Waals surface area (Å²) in [6, 6.07) is 26.4. The molecule has 0 bridgehead atoms. The summed E-state index contributed by atoms with van der Waals surface area (Å²) in [5.41, 5.74) is 1.79. The van der Waals surface area contributed by atoms with Crippen molar-refractivity contribution in [3.8, 4) is 0 Å². The normalized spacial score (nSPS) is 19.5. The Hall–Kier alpha value is -3.93. The molecule has 3 aromatic rings. The van der Waals surface area contributed by atoms with E-state index in [4.69, 9.17) is 0 Å². The third-order valence-corrected chi connectivity index (χ3v) is 6.82. The lowest BCUT2D eigenvalue weighted by Crippen LogP contribution is -2.50. The third kappa shape index (κ3) is 3.39. The van der Waals surface area contributed by atoms with Crippen molar-refractivity contribution in [1.82, 2.24) is 15.5 Å². The molecule has 1 fully saturated rings. The number of rotatable bonds is 5. The fourth-order valence-corrected chi connectivity index (χ4v) is 5.05. The lowest BCUT2D eigenvalue weighted by atomic mass is 9.84. The molecule has 166 valence electrons. The van der Waals surface area contributed by atoms with E-state index in [1.165, 1.54) is 0 Å². The molecule has 33 heavy (non-hydrogen) atoms. The van der Waals surface area contributed by atoms with Gasteiger partial charge < -0.3 is 10.6 Å². The molecule has 2 N–H and O–H groups in total. The molecule has 0 radical (unpaired) electrons. The fourth-order valence-electron chi connectivity index (χ4n) is 5.05. The molecule has 4 amide bonds. The molecule has 1 saturated heterocycles. The minimum Gasteiger partial charge on any atom is -0.341 e. The average Bonchev–Trinajstić information content (AvgIpc) is 3.33. The van der Waals surface area contributed by atoms with Crippen LogP contribution in [0.2, 0.25) is 0 Å². The Morgan fingerprint density at radius 2 is 1.52 bits per heavy atom. The molecule has 0 aromatic heterocycles. The van der Waals surface area contributed by atoms with Gasteiger partial charge in [0.15, 0.2) is 0 Å². The first kappa shape index (κ1) is 20.9. The lowest BCUT2D eigenvalue weighted by Gasteiger charge is -2.33. The summed E-state index contributed by atoms with van der Waals surface area (Å²) in [5, 5.41) is 5.95. The van der Waals surface area contributed by atoms with Gasteiger partial charge in [-0.05, 0) is 42.0 Å². The second-order valence-corrected chi connectivity index (χ2v) is 8.79. The molecular formula is C27H25N3O3. The molecule has 1 aliphatic carbocycles. The third-order valence-electron chi connectivity index (χ3n) is 6.82. The van der Waals surface area contributed by atoms with E-state index in [-0.39, 0.29) is 12.5 Å². The smallest absolute Gasteiger partial charge is 0.325 e. The summed E-state index contributed by atoms with van der Waals surface area (Å²) in [6.07, 6.45) is 1.21. The molecule has 2 aliphatic rings. The number of benzene rings is 3. The highest BCUT2D eigenvalue weighted by Crippen LogP contribution is 2.41. The molecule has 6 nitrogen and oxygen atoms in total. The number of urea groups is 1. The number of fused-ring (bicyclic) bond motifs is 2. The number of nitrogens with zero attached hydrogens (tertiary/aromatic N) is 1. The van der Waals surface area contributed by atoms with Gasteiger partial charge in [-0.3, -0.25) is 14.5 Å². The lowest BCUT2D eigenvalue weighted by molar-refractivity contribution is -0.135. The summed E-state index contributed by atoms with van der Waals surface area (Å²) >= 11 is 0. The van der Waals surface area contributed by atoms with Gasteiger partial charge in [-0.15, -0.1) is 0 Å².